The number of hydrogen-bond acceptors (Lipinski definition) is 3. The van der Waals surface area contributed by atoms with Crippen LogP contribution >= 0.6 is 0 Å². The minimum Gasteiger partial charge on any atom is -0.308 e. The van der Waals surface area contributed by atoms with Gasteiger partial charge in [0.1, 0.15) is 11.6 Å². The molecule has 5 aromatic heterocycles. The van der Waals surface area contributed by atoms with E-state index in [4.69, 9.17) is 0 Å². The summed E-state index contributed by atoms with van der Waals surface area (Å²) in [5.74, 6) is 0. The molecule has 0 saturated carbocycles. The second-order valence-electron chi connectivity index (χ2n) is 18.3. The largest absolute Gasteiger partial charge is 0.308 e. The first-order valence-electron chi connectivity index (χ1n) is 20.9. The summed E-state index contributed by atoms with van der Waals surface area (Å²) in [5, 5.41) is 18.4. The molecule has 0 radical (unpaired) electrons. The molecule has 294 valence electrons. The molecule has 0 aliphatic heterocycles. The molecule has 0 spiro atoms. The zero-order valence-corrected chi connectivity index (χ0v) is 35.2. The predicted molar refractivity (Wildman–Crippen MR) is 253 cm³/mol. The molecule has 6 heteroatoms. The van der Waals surface area contributed by atoms with Crippen LogP contribution in [0, 0.1) is 11.3 Å². The number of nitrogens with zero attached hydrogens (tertiary/aromatic N) is 6. The lowest BCUT2D eigenvalue weighted by Gasteiger charge is -2.21. The third-order valence-corrected chi connectivity index (χ3v) is 12.6. The minimum atomic E-state index is -0.0286. The van der Waals surface area contributed by atoms with E-state index in [1.54, 1.807) is 0 Å². The highest BCUT2D eigenvalue weighted by Crippen LogP contribution is 2.42. The molecule has 0 atom stereocenters. The highest BCUT2D eigenvalue weighted by atomic mass is 15.0. The molecule has 0 aliphatic rings. The fourth-order valence-electron chi connectivity index (χ4n) is 9.46. The van der Waals surface area contributed by atoms with Gasteiger partial charge in [-0.1, -0.05) is 102 Å². The number of benzene rings is 6. The maximum absolute atomic E-state index is 11.5. The van der Waals surface area contributed by atoms with E-state index in [2.05, 4.69) is 205 Å². The van der Waals surface area contributed by atoms with Gasteiger partial charge in [-0.05, 0) is 106 Å². The topological polar surface area (TPSA) is 64.4 Å². The Labute approximate surface area is 354 Å². The van der Waals surface area contributed by atoms with Crippen LogP contribution < -0.4 is 0 Å². The number of nitriles is 1. The van der Waals surface area contributed by atoms with Crippen LogP contribution in [-0.2, 0) is 10.8 Å². The lowest BCUT2D eigenvalue weighted by Crippen LogP contribution is -2.10. The van der Waals surface area contributed by atoms with Gasteiger partial charge < -0.3 is 13.7 Å². The Bertz CT molecular complexity index is 3420. The molecular formula is C55H44N6. The van der Waals surface area contributed by atoms with Crippen molar-refractivity contribution in [1.82, 2.24) is 23.7 Å². The molecule has 0 bridgehead atoms. The van der Waals surface area contributed by atoms with Crippen molar-refractivity contribution >= 4 is 65.4 Å². The van der Waals surface area contributed by atoms with Crippen LogP contribution in [0.25, 0.3) is 93.6 Å². The van der Waals surface area contributed by atoms with E-state index in [1.807, 2.05) is 24.8 Å². The average molecular weight is 789 g/mol. The molecule has 0 N–H and O–H groups in total. The van der Waals surface area contributed by atoms with Gasteiger partial charge in [0.2, 0.25) is 0 Å². The van der Waals surface area contributed by atoms with Crippen molar-refractivity contribution in [2.24, 2.45) is 0 Å². The van der Waals surface area contributed by atoms with Gasteiger partial charge in [0.25, 0.3) is 0 Å². The maximum Gasteiger partial charge on any atom is 0.104 e. The van der Waals surface area contributed by atoms with Crippen molar-refractivity contribution in [2.45, 2.75) is 52.4 Å². The number of pyridine rings is 2. The number of para-hydroxylation sites is 2. The normalized spacial score (nSPS) is 12.4. The zero-order valence-electron chi connectivity index (χ0n) is 35.2. The molecule has 0 amide bonds. The molecular weight excluding hydrogens is 745 g/mol. The third kappa shape index (κ3) is 5.61. The zero-order chi connectivity index (χ0) is 41.8. The van der Waals surface area contributed by atoms with Gasteiger partial charge in [-0.15, -0.1) is 0 Å². The second kappa shape index (κ2) is 13.3. The monoisotopic (exact) mass is 788 g/mol. The van der Waals surface area contributed by atoms with E-state index in [0.717, 1.165) is 82.8 Å². The van der Waals surface area contributed by atoms with Crippen molar-refractivity contribution in [1.29, 1.82) is 5.26 Å². The number of fused-ring (bicyclic) bond motifs is 9. The van der Waals surface area contributed by atoms with E-state index in [0.29, 0.717) is 5.56 Å². The van der Waals surface area contributed by atoms with Crippen LogP contribution in [0.3, 0.4) is 0 Å². The fraction of sp³-hybridized carbons (Fsp3) is 0.145. The molecule has 11 rings (SSSR count). The quantitative estimate of drug-likeness (QED) is 0.178. The summed E-state index contributed by atoms with van der Waals surface area (Å²) in [6, 6.07) is 50.8. The Balaban J connectivity index is 1.25. The van der Waals surface area contributed by atoms with Crippen molar-refractivity contribution in [3.8, 4) is 34.3 Å². The van der Waals surface area contributed by atoms with E-state index >= 15 is 0 Å². The summed E-state index contributed by atoms with van der Waals surface area (Å²) in [5.41, 5.74) is 14.0. The lowest BCUT2D eigenvalue weighted by molar-refractivity contribution is 0.591. The van der Waals surface area contributed by atoms with Crippen molar-refractivity contribution < 1.29 is 0 Å². The van der Waals surface area contributed by atoms with Gasteiger partial charge in [0, 0.05) is 50.4 Å². The van der Waals surface area contributed by atoms with Crippen LogP contribution in [0.1, 0.15) is 58.2 Å². The molecule has 0 saturated heterocycles. The number of aromatic nitrogens is 5. The Hall–Kier alpha value is -7.49. The smallest absolute Gasteiger partial charge is 0.104 e. The molecule has 0 unspecified atom stereocenters. The van der Waals surface area contributed by atoms with E-state index < -0.39 is 0 Å². The van der Waals surface area contributed by atoms with Crippen LogP contribution in [0.15, 0.2) is 158 Å². The molecule has 6 aromatic carbocycles. The second-order valence-corrected chi connectivity index (χ2v) is 18.3. The Morgan fingerprint density at radius 3 is 1.39 bits per heavy atom. The fourth-order valence-corrected chi connectivity index (χ4v) is 9.46. The maximum atomic E-state index is 11.5. The van der Waals surface area contributed by atoms with Crippen molar-refractivity contribution in [3.63, 3.8) is 0 Å². The number of rotatable bonds is 4. The predicted octanol–water partition coefficient (Wildman–Crippen LogP) is 13.9. The summed E-state index contributed by atoms with van der Waals surface area (Å²) in [4.78, 5) is 9.07. The van der Waals surface area contributed by atoms with Crippen LogP contribution in [0.4, 0.5) is 0 Å². The SMILES string of the molecule is CC(C)(C)c1ccc2c(c1)c1ccccc1n2-c1cc(-c2cccc(-n3c4cnccc4c4ccncc43)c2)cc(-n2c3ccccc3c3cc(C(C)(C)C)ccc32)c1C#N. The van der Waals surface area contributed by atoms with Gasteiger partial charge >= 0.3 is 0 Å². The molecule has 0 aliphatic carbocycles. The van der Waals surface area contributed by atoms with Gasteiger partial charge in [-0.3, -0.25) is 9.97 Å². The summed E-state index contributed by atoms with van der Waals surface area (Å²) < 4.78 is 6.87. The van der Waals surface area contributed by atoms with Gasteiger partial charge in [-0.25, -0.2) is 0 Å². The third-order valence-electron chi connectivity index (χ3n) is 12.6. The lowest BCUT2D eigenvalue weighted by atomic mass is 9.86. The van der Waals surface area contributed by atoms with Crippen LogP contribution in [0.5, 0.6) is 0 Å². The summed E-state index contributed by atoms with van der Waals surface area (Å²) >= 11 is 0. The first-order chi connectivity index (χ1) is 29.5. The Kier molecular flexibility index (Phi) is 7.95. The first-order valence-corrected chi connectivity index (χ1v) is 20.9. The molecule has 0 fully saturated rings. The minimum absolute atomic E-state index is 0.0286. The molecule has 6 nitrogen and oxygen atoms in total. The van der Waals surface area contributed by atoms with Gasteiger partial charge in [0.05, 0.1) is 56.9 Å². The van der Waals surface area contributed by atoms with E-state index in [-0.39, 0.29) is 10.8 Å². The van der Waals surface area contributed by atoms with Gasteiger partial charge in [0.15, 0.2) is 0 Å². The number of hydrogen-bond donors (Lipinski definition) is 0. The summed E-state index contributed by atoms with van der Waals surface area (Å²) in [6.45, 7) is 13.5. The van der Waals surface area contributed by atoms with E-state index in [9.17, 15) is 5.26 Å². The Morgan fingerprint density at radius 2 is 0.902 bits per heavy atom. The highest BCUT2D eigenvalue weighted by molar-refractivity contribution is 6.12. The highest BCUT2D eigenvalue weighted by Gasteiger charge is 2.25. The van der Waals surface area contributed by atoms with Crippen LogP contribution in [0.2, 0.25) is 0 Å². The Morgan fingerprint density at radius 1 is 0.426 bits per heavy atom. The average Bonchev–Trinajstić information content (AvgIpc) is 3.90. The first kappa shape index (κ1) is 36.6. The molecule has 11 aromatic rings. The standard InChI is InChI=1S/C55H44N6/c1-54(2,3)36-18-20-48-43(29-36)39-14-7-9-16-46(39)60(48)50-27-35(34-12-11-13-38(26-34)59-52-32-57-24-22-41(52)42-23-25-58-33-53(42)59)28-51(45(50)31-56)61-47-17-10-8-15-40(47)44-30-37(55(4,5)6)19-21-49(44)61/h7-30,32-33H,1-6H3. The van der Waals surface area contributed by atoms with Gasteiger partial charge in [-0.2, -0.15) is 5.26 Å². The van der Waals surface area contributed by atoms with Crippen molar-refractivity contribution in [3.05, 3.63) is 175 Å². The van der Waals surface area contributed by atoms with E-state index in [1.165, 1.54) is 21.9 Å². The molecule has 61 heavy (non-hydrogen) atoms. The summed E-state index contributed by atoms with van der Waals surface area (Å²) in [7, 11) is 0. The van der Waals surface area contributed by atoms with Crippen LogP contribution in [-0.4, -0.2) is 23.7 Å². The van der Waals surface area contributed by atoms with Crippen molar-refractivity contribution in [2.75, 3.05) is 0 Å². The molecule has 5 heterocycles. The summed E-state index contributed by atoms with van der Waals surface area (Å²) in [6.07, 6.45) is 7.56.